The number of carbonyl (C=O) groups is 1. The fourth-order valence-corrected chi connectivity index (χ4v) is 3.07. The lowest BCUT2D eigenvalue weighted by molar-refractivity contribution is -0.133. The van der Waals surface area contributed by atoms with Gasteiger partial charge < -0.3 is 9.64 Å². The number of amides is 1. The second-order valence-electron chi connectivity index (χ2n) is 6.52. The van der Waals surface area contributed by atoms with Crippen LogP contribution in [0.1, 0.15) is 17.5 Å². The average molecular weight is 367 g/mol. The first-order valence-electron chi connectivity index (χ1n) is 9.01. The zero-order valence-corrected chi connectivity index (χ0v) is 15.1. The van der Waals surface area contributed by atoms with Crippen LogP contribution in [-0.2, 0) is 11.3 Å². The Morgan fingerprint density at radius 3 is 2.52 bits per heavy atom. The van der Waals surface area contributed by atoms with Gasteiger partial charge in [-0.15, -0.1) is 0 Å². The van der Waals surface area contributed by atoms with Gasteiger partial charge in [-0.25, -0.2) is 4.39 Å². The van der Waals surface area contributed by atoms with Gasteiger partial charge in [0.2, 0.25) is 5.91 Å². The molecular weight excluding hydrogens is 345 g/mol. The lowest BCUT2D eigenvalue weighted by Crippen LogP contribution is -2.48. The highest BCUT2D eigenvalue weighted by molar-refractivity contribution is 5.76. The average Bonchev–Trinajstić information content (AvgIpc) is 2.69. The van der Waals surface area contributed by atoms with E-state index in [-0.39, 0.29) is 24.8 Å². The Morgan fingerprint density at radius 2 is 1.85 bits per heavy atom. The Kier molecular flexibility index (Phi) is 6.39. The van der Waals surface area contributed by atoms with E-state index >= 15 is 0 Å². The largest absolute Gasteiger partial charge is 0.493 e. The lowest BCUT2D eigenvalue weighted by Gasteiger charge is -2.34. The standard InChI is InChI=1S/C21H22FN3O2/c22-19-2-1-3-20(14-19)27-13-8-21(26)25-11-9-24(10-12-25)16-18-6-4-17(15-23)5-7-18/h1-7,14H,8-13,16H2. The van der Waals surface area contributed by atoms with Gasteiger partial charge in [-0.2, -0.15) is 5.26 Å². The summed E-state index contributed by atoms with van der Waals surface area (Å²) >= 11 is 0. The number of ether oxygens (including phenoxy) is 1. The molecule has 0 radical (unpaired) electrons. The molecule has 6 heteroatoms. The van der Waals surface area contributed by atoms with Gasteiger partial charge in [0.05, 0.1) is 24.7 Å². The molecule has 1 aliphatic heterocycles. The van der Waals surface area contributed by atoms with Crippen molar-refractivity contribution >= 4 is 5.91 Å². The Bertz CT molecular complexity index is 809. The predicted octanol–water partition coefficient (Wildman–Crippen LogP) is 2.81. The second kappa shape index (κ2) is 9.15. The molecule has 1 saturated heterocycles. The molecule has 2 aromatic carbocycles. The summed E-state index contributed by atoms with van der Waals surface area (Å²) in [6.45, 7) is 4.07. The van der Waals surface area contributed by atoms with Crippen LogP contribution in [0, 0.1) is 17.1 Å². The van der Waals surface area contributed by atoms with Crippen LogP contribution in [0.15, 0.2) is 48.5 Å². The van der Waals surface area contributed by atoms with Crippen molar-refractivity contribution in [1.29, 1.82) is 5.26 Å². The highest BCUT2D eigenvalue weighted by Crippen LogP contribution is 2.13. The summed E-state index contributed by atoms with van der Waals surface area (Å²) in [6.07, 6.45) is 0.284. The maximum Gasteiger partial charge on any atom is 0.226 e. The molecule has 1 aliphatic rings. The third-order valence-corrected chi connectivity index (χ3v) is 4.59. The molecule has 0 saturated carbocycles. The van der Waals surface area contributed by atoms with Gasteiger partial charge in [0.15, 0.2) is 0 Å². The molecule has 0 aliphatic carbocycles. The summed E-state index contributed by atoms with van der Waals surface area (Å²) in [6, 6.07) is 15.6. The van der Waals surface area contributed by atoms with Crippen LogP contribution < -0.4 is 4.74 Å². The number of carbonyl (C=O) groups excluding carboxylic acids is 1. The minimum Gasteiger partial charge on any atom is -0.493 e. The highest BCUT2D eigenvalue weighted by atomic mass is 19.1. The number of halogens is 1. The summed E-state index contributed by atoms with van der Waals surface area (Å²) in [7, 11) is 0. The van der Waals surface area contributed by atoms with Crippen molar-refractivity contribution in [2.45, 2.75) is 13.0 Å². The van der Waals surface area contributed by atoms with Crippen molar-refractivity contribution in [2.75, 3.05) is 32.8 Å². The molecule has 0 N–H and O–H groups in total. The third-order valence-electron chi connectivity index (χ3n) is 4.59. The molecule has 0 bridgehead atoms. The summed E-state index contributed by atoms with van der Waals surface area (Å²) in [4.78, 5) is 16.5. The Hall–Kier alpha value is -2.91. The van der Waals surface area contributed by atoms with Gasteiger partial charge in [0, 0.05) is 38.8 Å². The van der Waals surface area contributed by atoms with Crippen molar-refractivity contribution < 1.29 is 13.9 Å². The SMILES string of the molecule is N#Cc1ccc(CN2CCN(C(=O)CCOc3cccc(F)c3)CC2)cc1. The number of hydrogen-bond acceptors (Lipinski definition) is 4. The molecule has 0 aromatic heterocycles. The van der Waals surface area contributed by atoms with Crippen molar-refractivity contribution in [2.24, 2.45) is 0 Å². The number of nitriles is 1. The summed E-state index contributed by atoms with van der Waals surface area (Å²) in [5, 5.41) is 8.85. The maximum atomic E-state index is 13.1. The van der Waals surface area contributed by atoms with Crippen LogP contribution in [-0.4, -0.2) is 48.5 Å². The first-order chi connectivity index (χ1) is 13.1. The molecule has 27 heavy (non-hydrogen) atoms. The quantitative estimate of drug-likeness (QED) is 0.788. The molecule has 0 unspecified atom stereocenters. The van der Waals surface area contributed by atoms with E-state index in [4.69, 9.17) is 10.00 Å². The number of hydrogen-bond donors (Lipinski definition) is 0. The van der Waals surface area contributed by atoms with Crippen LogP contribution in [0.25, 0.3) is 0 Å². The summed E-state index contributed by atoms with van der Waals surface area (Å²) in [5.41, 5.74) is 1.83. The molecule has 2 aromatic rings. The highest BCUT2D eigenvalue weighted by Gasteiger charge is 2.21. The van der Waals surface area contributed by atoms with Crippen molar-refractivity contribution in [3.8, 4) is 11.8 Å². The molecule has 0 atom stereocenters. The van der Waals surface area contributed by atoms with Crippen molar-refractivity contribution in [3.63, 3.8) is 0 Å². The fraction of sp³-hybridized carbons (Fsp3) is 0.333. The van der Waals surface area contributed by atoms with Crippen LogP contribution in [0.2, 0.25) is 0 Å². The van der Waals surface area contributed by atoms with Gasteiger partial charge in [-0.3, -0.25) is 9.69 Å². The Morgan fingerprint density at radius 1 is 1.11 bits per heavy atom. The second-order valence-corrected chi connectivity index (χ2v) is 6.52. The summed E-state index contributed by atoms with van der Waals surface area (Å²) in [5.74, 6) is 0.150. The smallest absolute Gasteiger partial charge is 0.226 e. The van der Waals surface area contributed by atoms with E-state index in [1.54, 1.807) is 12.1 Å². The van der Waals surface area contributed by atoms with E-state index in [9.17, 15) is 9.18 Å². The van der Waals surface area contributed by atoms with E-state index in [1.165, 1.54) is 12.1 Å². The predicted molar refractivity (Wildman–Crippen MR) is 99.5 cm³/mol. The van der Waals surface area contributed by atoms with Crippen LogP contribution in [0.3, 0.4) is 0 Å². The van der Waals surface area contributed by atoms with Gasteiger partial charge in [-0.1, -0.05) is 18.2 Å². The molecule has 1 amide bonds. The van der Waals surface area contributed by atoms with E-state index in [2.05, 4.69) is 11.0 Å². The van der Waals surface area contributed by atoms with E-state index in [0.717, 1.165) is 25.2 Å². The molecule has 0 spiro atoms. The normalized spacial score (nSPS) is 14.6. The topological polar surface area (TPSA) is 56.6 Å². The number of benzene rings is 2. The number of piperazine rings is 1. The first kappa shape index (κ1) is 18.9. The lowest BCUT2D eigenvalue weighted by atomic mass is 10.1. The zero-order chi connectivity index (χ0) is 19.1. The maximum absolute atomic E-state index is 13.1. The molecule has 3 rings (SSSR count). The zero-order valence-electron chi connectivity index (χ0n) is 15.1. The van der Waals surface area contributed by atoms with Gasteiger partial charge in [0.1, 0.15) is 11.6 Å². The molecule has 5 nitrogen and oxygen atoms in total. The van der Waals surface area contributed by atoms with Crippen LogP contribution in [0.4, 0.5) is 4.39 Å². The van der Waals surface area contributed by atoms with Gasteiger partial charge >= 0.3 is 0 Å². The molecule has 1 heterocycles. The van der Waals surface area contributed by atoms with E-state index in [1.807, 2.05) is 29.2 Å². The molecule has 1 fully saturated rings. The van der Waals surface area contributed by atoms with E-state index in [0.29, 0.717) is 24.4 Å². The van der Waals surface area contributed by atoms with Crippen molar-refractivity contribution in [3.05, 3.63) is 65.5 Å². The third kappa shape index (κ3) is 5.53. The number of nitrogens with zero attached hydrogens (tertiary/aromatic N) is 3. The van der Waals surface area contributed by atoms with Gasteiger partial charge in [-0.05, 0) is 29.8 Å². The minimum absolute atomic E-state index is 0.0597. The Balaban J connectivity index is 1.39. The monoisotopic (exact) mass is 367 g/mol. The first-order valence-corrected chi connectivity index (χ1v) is 9.01. The summed E-state index contributed by atoms with van der Waals surface area (Å²) < 4.78 is 18.5. The minimum atomic E-state index is -0.350. The van der Waals surface area contributed by atoms with Gasteiger partial charge in [0.25, 0.3) is 0 Å². The van der Waals surface area contributed by atoms with E-state index < -0.39 is 0 Å². The molecule has 140 valence electrons. The molecular formula is C21H22FN3O2. The van der Waals surface area contributed by atoms with Crippen LogP contribution in [0.5, 0.6) is 5.75 Å². The Labute approximate surface area is 158 Å². The number of rotatable bonds is 6. The van der Waals surface area contributed by atoms with Crippen LogP contribution >= 0.6 is 0 Å². The fourth-order valence-electron chi connectivity index (χ4n) is 3.07. The van der Waals surface area contributed by atoms with Crippen molar-refractivity contribution in [1.82, 2.24) is 9.80 Å².